The standard InChI is InChI=1S/C18H28N2O3.ClH/c1-12(13-8-9-15(22-3)16(11-13)23-4)20-17(21)14-7-5-6-10-18(14,2)19;/h8-9,11-12,14H,5-7,10,19H2,1-4H3,(H,20,21);1H. The van der Waals surface area contributed by atoms with Crippen molar-refractivity contribution in [2.24, 2.45) is 11.7 Å². The molecule has 3 atom stereocenters. The molecule has 1 aliphatic rings. The molecule has 1 aromatic carbocycles. The molecule has 0 heterocycles. The van der Waals surface area contributed by atoms with Gasteiger partial charge < -0.3 is 20.5 Å². The van der Waals surface area contributed by atoms with Crippen molar-refractivity contribution in [1.29, 1.82) is 0 Å². The fourth-order valence-electron chi connectivity index (χ4n) is 3.31. The topological polar surface area (TPSA) is 73.6 Å². The summed E-state index contributed by atoms with van der Waals surface area (Å²) in [5.41, 5.74) is 6.88. The first-order valence-corrected chi connectivity index (χ1v) is 8.20. The van der Waals surface area contributed by atoms with E-state index in [2.05, 4.69) is 5.32 Å². The Balaban J connectivity index is 0.00000288. The molecule has 1 fully saturated rings. The maximum atomic E-state index is 12.6. The van der Waals surface area contributed by atoms with Gasteiger partial charge in [0.15, 0.2) is 11.5 Å². The van der Waals surface area contributed by atoms with Gasteiger partial charge in [0.05, 0.1) is 26.2 Å². The molecule has 1 saturated carbocycles. The van der Waals surface area contributed by atoms with Gasteiger partial charge in [-0.2, -0.15) is 0 Å². The van der Waals surface area contributed by atoms with Crippen LogP contribution in [0.5, 0.6) is 11.5 Å². The van der Waals surface area contributed by atoms with Crippen LogP contribution in [-0.2, 0) is 4.79 Å². The van der Waals surface area contributed by atoms with Crippen molar-refractivity contribution >= 4 is 18.3 Å². The van der Waals surface area contributed by atoms with Crippen molar-refractivity contribution in [3.8, 4) is 11.5 Å². The molecule has 3 N–H and O–H groups in total. The SMILES string of the molecule is COc1ccc(C(C)NC(=O)C2CCCCC2(C)N)cc1OC.Cl. The zero-order chi connectivity index (χ0) is 17.0. The minimum Gasteiger partial charge on any atom is -0.493 e. The molecule has 6 heteroatoms. The van der Waals surface area contributed by atoms with Crippen LogP contribution in [0, 0.1) is 5.92 Å². The summed E-state index contributed by atoms with van der Waals surface area (Å²) in [5.74, 6) is 1.25. The third-order valence-corrected chi connectivity index (χ3v) is 4.84. The average molecular weight is 357 g/mol. The van der Waals surface area contributed by atoms with Crippen LogP contribution in [0.4, 0.5) is 0 Å². The highest BCUT2D eigenvalue weighted by Crippen LogP contribution is 2.33. The number of benzene rings is 1. The first kappa shape index (κ1) is 20.6. The Hall–Kier alpha value is -1.46. The predicted octanol–water partition coefficient (Wildman–Crippen LogP) is 3.21. The molecule has 0 aliphatic heterocycles. The second-order valence-corrected chi connectivity index (χ2v) is 6.65. The van der Waals surface area contributed by atoms with E-state index in [0.29, 0.717) is 11.5 Å². The summed E-state index contributed by atoms with van der Waals surface area (Å²) in [6, 6.07) is 5.58. The molecule has 2 rings (SSSR count). The fraction of sp³-hybridized carbons (Fsp3) is 0.611. The van der Waals surface area contributed by atoms with Gasteiger partial charge in [-0.3, -0.25) is 4.79 Å². The largest absolute Gasteiger partial charge is 0.493 e. The van der Waals surface area contributed by atoms with Crippen molar-refractivity contribution in [1.82, 2.24) is 5.32 Å². The smallest absolute Gasteiger partial charge is 0.225 e. The van der Waals surface area contributed by atoms with Gasteiger partial charge in [0.25, 0.3) is 0 Å². The number of hydrogen-bond acceptors (Lipinski definition) is 4. The number of methoxy groups -OCH3 is 2. The van der Waals surface area contributed by atoms with Gasteiger partial charge in [0, 0.05) is 5.54 Å². The maximum absolute atomic E-state index is 12.6. The highest BCUT2D eigenvalue weighted by molar-refractivity contribution is 5.85. The molecule has 24 heavy (non-hydrogen) atoms. The lowest BCUT2D eigenvalue weighted by atomic mass is 9.74. The van der Waals surface area contributed by atoms with Gasteiger partial charge in [-0.25, -0.2) is 0 Å². The van der Waals surface area contributed by atoms with Crippen molar-refractivity contribution in [3.05, 3.63) is 23.8 Å². The number of ether oxygens (including phenoxy) is 2. The minimum absolute atomic E-state index is 0. The van der Waals surface area contributed by atoms with Gasteiger partial charge in [0.1, 0.15) is 0 Å². The molecule has 1 aliphatic carbocycles. The third kappa shape index (κ3) is 4.54. The first-order valence-electron chi connectivity index (χ1n) is 8.20. The van der Waals surface area contributed by atoms with E-state index < -0.39 is 5.54 Å². The summed E-state index contributed by atoms with van der Waals surface area (Å²) in [6.07, 6.45) is 3.92. The summed E-state index contributed by atoms with van der Waals surface area (Å²) >= 11 is 0. The summed E-state index contributed by atoms with van der Waals surface area (Å²) in [6.45, 7) is 3.95. The van der Waals surface area contributed by atoms with Crippen molar-refractivity contribution in [3.63, 3.8) is 0 Å². The van der Waals surface area contributed by atoms with E-state index >= 15 is 0 Å². The Morgan fingerprint density at radius 1 is 1.29 bits per heavy atom. The second kappa shape index (κ2) is 8.58. The van der Waals surface area contributed by atoms with Crippen molar-refractivity contribution in [2.75, 3.05) is 14.2 Å². The number of halogens is 1. The van der Waals surface area contributed by atoms with Gasteiger partial charge in [-0.1, -0.05) is 18.9 Å². The highest BCUT2D eigenvalue weighted by Gasteiger charge is 2.38. The molecule has 1 aromatic rings. The number of carbonyl (C=O) groups excluding carboxylic acids is 1. The molecule has 0 radical (unpaired) electrons. The number of nitrogens with two attached hydrogens (primary N) is 1. The number of rotatable bonds is 5. The molecule has 0 saturated heterocycles. The zero-order valence-electron chi connectivity index (χ0n) is 14.9. The number of hydrogen-bond donors (Lipinski definition) is 2. The number of amides is 1. The molecule has 0 spiro atoms. The van der Waals surface area contributed by atoms with Crippen LogP contribution < -0.4 is 20.5 Å². The molecule has 0 bridgehead atoms. The van der Waals surface area contributed by atoms with Crippen LogP contribution >= 0.6 is 12.4 Å². The van der Waals surface area contributed by atoms with Crippen LogP contribution in [0.3, 0.4) is 0 Å². The van der Waals surface area contributed by atoms with Crippen molar-refractivity contribution < 1.29 is 14.3 Å². The van der Waals surface area contributed by atoms with E-state index in [0.717, 1.165) is 31.2 Å². The van der Waals surface area contributed by atoms with Gasteiger partial charge in [-0.05, 0) is 44.4 Å². The van der Waals surface area contributed by atoms with E-state index in [9.17, 15) is 4.79 Å². The fourth-order valence-corrected chi connectivity index (χ4v) is 3.31. The highest BCUT2D eigenvalue weighted by atomic mass is 35.5. The molecular formula is C18H29ClN2O3. The zero-order valence-corrected chi connectivity index (χ0v) is 15.7. The minimum atomic E-state index is -0.417. The normalized spacial score (nSPS) is 24.5. The number of carbonyl (C=O) groups is 1. The van der Waals surface area contributed by atoms with E-state index in [-0.39, 0.29) is 30.3 Å². The van der Waals surface area contributed by atoms with Crippen LogP contribution in [0.1, 0.15) is 51.1 Å². The summed E-state index contributed by atoms with van der Waals surface area (Å²) in [5, 5.41) is 3.09. The van der Waals surface area contributed by atoms with Crippen LogP contribution in [0.15, 0.2) is 18.2 Å². The number of nitrogens with one attached hydrogen (secondary N) is 1. The maximum Gasteiger partial charge on any atom is 0.225 e. The van der Waals surface area contributed by atoms with Crippen LogP contribution in [0.2, 0.25) is 0 Å². The first-order chi connectivity index (χ1) is 10.9. The Morgan fingerprint density at radius 3 is 2.54 bits per heavy atom. The monoisotopic (exact) mass is 356 g/mol. The molecule has 136 valence electrons. The predicted molar refractivity (Wildman–Crippen MR) is 97.9 cm³/mol. The van der Waals surface area contributed by atoms with E-state index in [4.69, 9.17) is 15.2 Å². The summed E-state index contributed by atoms with van der Waals surface area (Å²) < 4.78 is 10.6. The van der Waals surface area contributed by atoms with Gasteiger partial charge in [-0.15, -0.1) is 12.4 Å². The molecule has 1 amide bonds. The quantitative estimate of drug-likeness (QED) is 0.849. The van der Waals surface area contributed by atoms with Crippen LogP contribution in [0.25, 0.3) is 0 Å². The lowest BCUT2D eigenvalue weighted by Gasteiger charge is -2.37. The second-order valence-electron chi connectivity index (χ2n) is 6.65. The lowest BCUT2D eigenvalue weighted by molar-refractivity contribution is -0.128. The van der Waals surface area contributed by atoms with Crippen molar-refractivity contribution in [2.45, 2.75) is 51.1 Å². The molecule has 3 unspecified atom stereocenters. The molecule has 0 aromatic heterocycles. The average Bonchev–Trinajstić information content (AvgIpc) is 2.53. The Labute approximate surface area is 150 Å². The Morgan fingerprint density at radius 2 is 1.96 bits per heavy atom. The van der Waals surface area contributed by atoms with Gasteiger partial charge >= 0.3 is 0 Å². The molecular weight excluding hydrogens is 328 g/mol. The van der Waals surface area contributed by atoms with E-state index in [1.54, 1.807) is 14.2 Å². The Bertz CT molecular complexity index is 563. The van der Waals surface area contributed by atoms with E-state index in [1.807, 2.05) is 32.0 Å². The van der Waals surface area contributed by atoms with Crippen LogP contribution in [-0.4, -0.2) is 25.7 Å². The van der Waals surface area contributed by atoms with E-state index in [1.165, 1.54) is 0 Å². The third-order valence-electron chi connectivity index (χ3n) is 4.84. The lowest BCUT2D eigenvalue weighted by Crippen LogP contribution is -2.53. The van der Waals surface area contributed by atoms with Gasteiger partial charge in [0.2, 0.25) is 5.91 Å². The molecule has 5 nitrogen and oxygen atoms in total. The summed E-state index contributed by atoms with van der Waals surface area (Å²) in [4.78, 5) is 12.6. The summed E-state index contributed by atoms with van der Waals surface area (Å²) in [7, 11) is 3.21. The Kier molecular flexibility index (Phi) is 7.36.